The van der Waals surface area contributed by atoms with E-state index in [1.807, 2.05) is 48.5 Å². The normalized spacial score (nSPS) is 14.6. The molecule has 0 aromatic heterocycles. The van der Waals surface area contributed by atoms with Crippen molar-refractivity contribution in [2.45, 2.75) is 51.2 Å². The maximum atomic E-state index is 12.5. The Balaban J connectivity index is 1.67. The van der Waals surface area contributed by atoms with Crippen molar-refractivity contribution in [3.63, 3.8) is 0 Å². The van der Waals surface area contributed by atoms with Crippen LogP contribution >= 0.6 is 0 Å². The van der Waals surface area contributed by atoms with Gasteiger partial charge in [0.15, 0.2) is 0 Å². The smallest absolute Gasteiger partial charge is 0.224 e. The standard InChI is InChI=1S/C23H27NO2/c1-2-18-13-14-22(26-17-19-9-5-3-6-10-19)20(15-18)16-23(25)24-21-11-7-4-8-12-21/h2-3,5-6,9-10,13-15,21H,1,4,7-8,11-12,16-17H2,(H,24,25). The van der Waals surface area contributed by atoms with Gasteiger partial charge >= 0.3 is 0 Å². The van der Waals surface area contributed by atoms with Gasteiger partial charge in [0.05, 0.1) is 6.42 Å². The summed E-state index contributed by atoms with van der Waals surface area (Å²) in [5.41, 5.74) is 3.02. The van der Waals surface area contributed by atoms with Crippen LogP contribution in [0.25, 0.3) is 6.08 Å². The van der Waals surface area contributed by atoms with Crippen LogP contribution in [0.15, 0.2) is 55.1 Å². The first-order valence-corrected chi connectivity index (χ1v) is 9.46. The van der Waals surface area contributed by atoms with E-state index >= 15 is 0 Å². The van der Waals surface area contributed by atoms with Gasteiger partial charge in [-0.2, -0.15) is 0 Å². The predicted molar refractivity (Wildman–Crippen MR) is 106 cm³/mol. The van der Waals surface area contributed by atoms with Gasteiger partial charge in [0.25, 0.3) is 0 Å². The highest BCUT2D eigenvalue weighted by atomic mass is 16.5. The lowest BCUT2D eigenvalue weighted by Gasteiger charge is -2.23. The molecule has 1 amide bonds. The molecule has 0 aliphatic heterocycles. The highest BCUT2D eigenvalue weighted by Gasteiger charge is 2.17. The largest absolute Gasteiger partial charge is 0.489 e. The van der Waals surface area contributed by atoms with E-state index in [9.17, 15) is 4.79 Å². The highest BCUT2D eigenvalue weighted by Crippen LogP contribution is 2.23. The predicted octanol–water partition coefficient (Wildman–Crippen LogP) is 4.90. The molecule has 3 heteroatoms. The monoisotopic (exact) mass is 349 g/mol. The molecule has 2 aromatic carbocycles. The summed E-state index contributed by atoms with van der Waals surface area (Å²) in [6.07, 6.45) is 8.02. The first-order valence-electron chi connectivity index (χ1n) is 9.46. The van der Waals surface area contributed by atoms with E-state index in [4.69, 9.17) is 4.74 Å². The van der Waals surface area contributed by atoms with Gasteiger partial charge in [-0.25, -0.2) is 0 Å². The van der Waals surface area contributed by atoms with Crippen molar-refractivity contribution in [1.29, 1.82) is 0 Å². The van der Waals surface area contributed by atoms with E-state index < -0.39 is 0 Å². The van der Waals surface area contributed by atoms with Crippen LogP contribution in [0.5, 0.6) is 5.75 Å². The van der Waals surface area contributed by atoms with E-state index in [1.54, 1.807) is 6.08 Å². The number of carbonyl (C=O) groups is 1. The fraction of sp³-hybridized carbons (Fsp3) is 0.348. The number of rotatable bonds is 7. The van der Waals surface area contributed by atoms with E-state index in [-0.39, 0.29) is 5.91 Å². The summed E-state index contributed by atoms with van der Waals surface area (Å²) < 4.78 is 6.00. The fourth-order valence-corrected chi connectivity index (χ4v) is 3.44. The zero-order valence-electron chi connectivity index (χ0n) is 15.2. The topological polar surface area (TPSA) is 38.3 Å². The van der Waals surface area contributed by atoms with Gasteiger partial charge in [-0.3, -0.25) is 4.79 Å². The zero-order chi connectivity index (χ0) is 18.2. The van der Waals surface area contributed by atoms with E-state index in [0.717, 1.165) is 35.3 Å². The van der Waals surface area contributed by atoms with E-state index in [1.165, 1.54) is 19.3 Å². The molecule has 3 rings (SSSR count). The number of amides is 1. The van der Waals surface area contributed by atoms with Gasteiger partial charge in [0.2, 0.25) is 5.91 Å². The highest BCUT2D eigenvalue weighted by molar-refractivity contribution is 5.80. The van der Waals surface area contributed by atoms with Crippen LogP contribution in [-0.4, -0.2) is 11.9 Å². The molecule has 1 fully saturated rings. The van der Waals surface area contributed by atoms with Crippen LogP contribution in [0.4, 0.5) is 0 Å². The summed E-state index contributed by atoms with van der Waals surface area (Å²) in [5, 5.41) is 3.19. The van der Waals surface area contributed by atoms with Crippen molar-refractivity contribution in [3.05, 3.63) is 71.8 Å². The lowest BCUT2D eigenvalue weighted by molar-refractivity contribution is -0.121. The molecule has 1 aliphatic rings. The molecule has 0 saturated heterocycles. The molecule has 1 aliphatic carbocycles. The summed E-state index contributed by atoms with van der Waals surface area (Å²) >= 11 is 0. The SMILES string of the molecule is C=Cc1ccc(OCc2ccccc2)c(CC(=O)NC2CCCCC2)c1. The lowest BCUT2D eigenvalue weighted by atomic mass is 9.95. The number of hydrogen-bond acceptors (Lipinski definition) is 2. The summed E-state index contributed by atoms with van der Waals surface area (Å²) in [6, 6.07) is 16.3. The Morgan fingerprint density at radius 2 is 1.88 bits per heavy atom. The van der Waals surface area contributed by atoms with Crippen molar-refractivity contribution in [2.75, 3.05) is 0 Å². The lowest BCUT2D eigenvalue weighted by Crippen LogP contribution is -2.37. The van der Waals surface area contributed by atoms with Gasteiger partial charge in [-0.1, -0.05) is 68.3 Å². The molecule has 3 nitrogen and oxygen atoms in total. The Morgan fingerprint density at radius 1 is 1.12 bits per heavy atom. The van der Waals surface area contributed by atoms with Gasteiger partial charge < -0.3 is 10.1 Å². The van der Waals surface area contributed by atoms with Gasteiger partial charge in [0.1, 0.15) is 12.4 Å². The second-order valence-electron chi connectivity index (χ2n) is 6.92. The minimum Gasteiger partial charge on any atom is -0.489 e. The van der Waals surface area contributed by atoms with Crippen molar-refractivity contribution in [2.24, 2.45) is 0 Å². The minimum atomic E-state index is 0.0719. The molecule has 0 unspecified atom stereocenters. The van der Waals surface area contributed by atoms with Gasteiger partial charge in [-0.15, -0.1) is 0 Å². The first-order chi connectivity index (χ1) is 12.7. The molecule has 0 radical (unpaired) electrons. The molecule has 136 valence electrons. The quantitative estimate of drug-likeness (QED) is 0.772. The average molecular weight is 349 g/mol. The second-order valence-corrected chi connectivity index (χ2v) is 6.92. The Hall–Kier alpha value is -2.55. The third-order valence-corrected chi connectivity index (χ3v) is 4.88. The molecule has 1 saturated carbocycles. The first kappa shape index (κ1) is 18.2. The third-order valence-electron chi connectivity index (χ3n) is 4.88. The Kier molecular flexibility index (Phi) is 6.48. The fourth-order valence-electron chi connectivity index (χ4n) is 3.44. The van der Waals surface area contributed by atoms with Crippen LogP contribution < -0.4 is 10.1 Å². The molecule has 0 atom stereocenters. The molecule has 2 aromatic rings. The number of benzene rings is 2. The maximum Gasteiger partial charge on any atom is 0.224 e. The molecule has 0 bridgehead atoms. The van der Waals surface area contributed by atoms with E-state index in [0.29, 0.717) is 19.1 Å². The molecule has 0 heterocycles. The number of carbonyl (C=O) groups excluding carboxylic acids is 1. The van der Waals surface area contributed by atoms with Gasteiger partial charge in [0, 0.05) is 11.6 Å². The van der Waals surface area contributed by atoms with Crippen LogP contribution in [-0.2, 0) is 17.8 Å². The minimum absolute atomic E-state index is 0.0719. The second kappa shape index (κ2) is 9.23. The summed E-state index contributed by atoms with van der Waals surface area (Å²) in [7, 11) is 0. The number of ether oxygens (including phenoxy) is 1. The Labute approximate surface area is 156 Å². The van der Waals surface area contributed by atoms with Crippen molar-refractivity contribution >= 4 is 12.0 Å². The summed E-state index contributed by atoms with van der Waals surface area (Å²) in [5.74, 6) is 0.834. The van der Waals surface area contributed by atoms with Crippen molar-refractivity contribution in [3.8, 4) is 5.75 Å². The molecule has 1 N–H and O–H groups in total. The molecular formula is C23H27NO2. The maximum absolute atomic E-state index is 12.5. The summed E-state index contributed by atoms with van der Waals surface area (Å²) in [4.78, 5) is 12.5. The van der Waals surface area contributed by atoms with E-state index in [2.05, 4.69) is 11.9 Å². The Bertz CT molecular complexity index is 733. The Morgan fingerprint density at radius 3 is 2.62 bits per heavy atom. The summed E-state index contributed by atoms with van der Waals surface area (Å²) in [6.45, 7) is 4.32. The van der Waals surface area contributed by atoms with Crippen LogP contribution in [0.2, 0.25) is 0 Å². The van der Waals surface area contributed by atoms with Crippen LogP contribution in [0.3, 0.4) is 0 Å². The average Bonchev–Trinajstić information content (AvgIpc) is 2.68. The van der Waals surface area contributed by atoms with Crippen molar-refractivity contribution in [1.82, 2.24) is 5.32 Å². The van der Waals surface area contributed by atoms with Gasteiger partial charge in [-0.05, 0) is 36.1 Å². The molecular weight excluding hydrogens is 322 g/mol. The third kappa shape index (κ3) is 5.22. The number of nitrogens with one attached hydrogen (secondary N) is 1. The molecule has 26 heavy (non-hydrogen) atoms. The molecule has 0 spiro atoms. The number of hydrogen-bond donors (Lipinski definition) is 1. The zero-order valence-corrected chi connectivity index (χ0v) is 15.2. The van der Waals surface area contributed by atoms with Crippen LogP contribution in [0.1, 0.15) is 48.8 Å². The van der Waals surface area contributed by atoms with Crippen LogP contribution in [0, 0.1) is 0 Å². The van der Waals surface area contributed by atoms with Crippen molar-refractivity contribution < 1.29 is 9.53 Å².